The molecule has 1 aliphatic rings. The van der Waals surface area contributed by atoms with E-state index in [0.717, 1.165) is 16.5 Å². The van der Waals surface area contributed by atoms with Crippen LogP contribution in [0.5, 0.6) is 0 Å². The molecule has 4 aromatic rings. The van der Waals surface area contributed by atoms with Crippen LogP contribution in [-0.4, -0.2) is 40.4 Å². The molecule has 5 rings (SSSR count). The van der Waals surface area contributed by atoms with E-state index in [1.807, 2.05) is 6.92 Å². The van der Waals surface area contributed by atoms with E-state index in [4.69, 9.17) is 4.74 Å². The standard InChI is InChI=1S/C33H22F3N3O5S/c1-19-7-9-21(10-8-19)27(40)18-44-32(43)22-11-13-23(14-12-22)39-29(41)16-28(31(39)42)45-30-24(17-37)25(33(34,35)36)15-26(38-30)20-5-3-2-4-6-20/h2-15,28H,16,18H2,1H3. The SMILES string of the molecule is Cc1ccc(C(=O)COC(=O)c2ccc(N3C(=O)CC(Sc4nc(-c5ccccc5)cc(C(F)(F)F)c4C#N)C3=O)cc2)cc1. The van der Waals surface area contributed by atoms with Gasteiger partial charge < -0.3 is 4.74 Å². The third-order valence-corrected chi connectivity index (χ3v) is 8.07. The van der Waals surface area contributed by atoms with Crippen molar-refractivity contribution in [2.45, 2.75) is 29.8 Å². The normalized spacial score (nSPS) is 14.7. The minimum atomic E-state index is -4.87. The predicted molar refractivity (Wildman–Crippen MR) is 158 cm³/mol. The number of carbonyl (C=O) groups is 4. The van der Waals surface area contributed by atoms with Crippen molar-refractivity contribution in [1.82, 2.24) is 4.98 Å². The fourth-order valence-electron chi connectivity index (χ4n) is 4.58. The quantitative estimate of drug-likeness (QED) is 0.125. The highest BCUT2D eigenvalue weighted by Crippen LogP contribution is 2.41. The van der Waals surface area contributed by atoms with Crippen molar-refractivity contribution < 1.29 is 37.1 Å². The Labute approximate surface area is 259 Å². The molecule has 2 amide bonds. The first kappa shape index (κ1) is 31.2. The second-order valence-corrected chi connectivity index (χ2v) is 11.2. The number of Topliss-reactive ketones (excluding diaryl/α,β-unsaturated/α-hetero) is 1. The minimum absolute atomic E-state index is 0.0407. The summed E-state index contributed by atoms with van der Waals surface area (Å²) < 4.78 is 47.0. The van der Waals surface area contributed by atoms with Gasteiger partial charge >= 0.3 is 12.1 Å². The zero-order valence-electron chi connectivity index (χ0n) is 23.5. The summed E-state index contributed by atoms with van der Waals surface area (Å²) >= 11 is 0.616. The molecule has 0 N–H and O–H groups in total. The number of nitrogens with zero attached hydrogens (tertiary/aromatic N) is 3. The van der Waals surface area contributed by atoms with Gasteiger partial charge in [-0.05, 0) is 37.3 Å². The number of halogens is 3. The van der Waals surface area contributed by atoms with Crippen molar-refractivity contribution in [3.63, 3.8) is 0 Å². The highest BCUT2D eigenvalue weighted by Gasteiger charge is 2.42. The average Bonchev–Trinajstić information content (AvgIpc) is 3.31. The van der Waals surface area contributed by atoms with Gasteiger partial charge in [-0.2, -0.15) is 18.4 Å². The molecule has 0 aliphatic carbocycles. The summed E-state index contributed by atoms with van der Waals surface area (Å²) in [5.41, 5.74) is -0.0408. The number of amides is 2. The Kier molecular flexibility index (Phi) is 8.83. The first-order valence-corrected chi connectivity index (χ1v) is 14.3. The zero-order valence-corrected chi connectivity index (χ0v) is 24.3. The van der Waals surface area contributed by atoms with Crippen LogP contribution in [0, 0.1) is 18.3 Å². The first-order valence-electron chi connectivity index (χ1n) is 13.4. The summed E-state index contributed by atoms with van der Waals surface area (Å²) in [6.07, 6.45) is -5.22. The maximum absolute atomic E-state index is 13.9. The van der Waals surface area contributed by atoms with Crippen LogP contribution in [0.2, 0.25) is 0 Å². The van der Waals surface area contributed by atoms with E-state index in [1.165, 1.54) is 24.3 Å². The molecule has 1 unspecified atom stereocenters. The molecule has 1 aliphatic heterocycles. The number of pyridine rings is 1. The summed E-state index contributed by atoms with van der Waals surface area (Å²) in [6.45, 7) is 1.39. The molecule has 0 spiro atoms. The van der Waals surface area contributed by atoms with E-state index in [-0.39, 0.29) is 34.2 Å². The van der Waals surface area contributed by atoms with Crippen LogP contribution in [0.3, 0.4) is 0 Å². The van der Waals surface area contributed by atoms with Crippen molar-refractivity contribution in [1.29, 1.82) is 5.26 Å². The highest BCUT2D eigenvalue weighted by molar-refractivity contribution is 8.00. The Morgan fingerprint density at radius 1 is 1.00 bits per heavy atom. The van der Waals surface area contributed by atoms with Crippen LogP contribution in [0.15, 0.2) is 90.0 Å². The predicted octanol–water partition coefficient (Wildman–Crippen LogP) is 6.41. The smallest absolute Gasteiger partial charge is 0.417 e. The lowest BCUT2D eigenvalue weighted by atomic mass is 10.1. The molecule has 1 atom stereocenters. The minimum Gasteiger partial charge on any atom is -0.454 e. The Hall–Kier alpha value is -5.28. The van der Waals surface area contributed by atoms with E-state index >= 15 is 0 Å². The summed E-state index contributed by atoms with van der Waals surface area (Å²) in [6, 6.07) is 22.5. The number of nitriles is 1. The van der Waals surface area contributed by atoms with Gasteiger partial charge in [0.25, 0.3) is 0 Å². The number of imide groups is 1. The number of benzene rings is 3. The molecule has 0 bridgehead atoms. The molecule has 3 aromatic carbocycles. The highest BCUT2D eigenvalue weighted by atomic mass is 32.2. The lowest BCUT2D eigenvalue weighted by Crippen LogP contribution is -2.31. The number of esters is 1. The largest absolute Gasteiger partial charge is 0.454 e. The maximum Gasteiger partial charge on any atom is 0.417 e. The van der Waals surface area contributed by atoms with Crippen molar-refractivity contribution in [2.24, 2.45) is 0 Å². The van der Waals surface area contributed by atoms with Crippen LogP contribution >= 0.6 is 11.8 Å². The summed E-state index contributed by atoms with van der Waals surface area (Å²) in [7, 11) is 0. The van der Waals surface area contributed by atoms with Gasteiger partial charge in [0.05, 0.1) is 33.3 Å². The fraction of sp³-hybridized carbons (Fsp3) is 0.152. The molecule has 0 saturated carbocycles. The summed E-state index contributed by atoms with van der Waals surface area (Å²) in [4.78, 5) is 56.2. The molecule has 8 nitrogen and oxygen atoms in total. The molecule has 0 radical (unpaired) electrons. The number of hydrogen-bond donors (Lipinski definition) is 0. The Balaban J connectivity index is 1.32. The van der Waals surface area contributed by atoms with Crippen molar-refractivity contribution in [3.05, 3.63) is 113 Å². The topological polar surface area (TPSA) is 117 Å². The molecule has 12 heteroatoms. The number of ketones is 1. The van der Waals surface area contributed by atoms with E-state index in [1.54, 1.807) is 60.7 Å². The molecule has 1 fully saturated rings. The Morgan fingerprint density at radius 2 is 1.64 bits per heavy atom. The molecular weight excluding hydrogens is 607 g/mol. The van der Waals surface area contributed by atoms with Gasteiger partial charge in [0.15, 0.2) is 12.4 Å². The number of carbonyl (C=O) groups excluding carboxylic acids is 4. The lowest BCUT2D eigenvalue weighted by Gasteiger charge is -2.17. The molecule has 2 heterocycles. The van der Waals surface area contributed by atoms with Gasteiger partial charge in [-0.3, -0.25) is 14.4 Å². The van der Waals surface area contributed by atoms with Crippen LogP contribution in [0.1, 0.15) is 43.8 Å². The molecule has 226 valence electrons. The number of hydrogen-bond acceptors (Lipinski definition) is 8. The van der Waals surface area contributed by atoms with E-state index < -0.39 is 46.9 Å². The Bertz CT molecular complexity index is 1840. The van der Waals surface area contributed by atoms with Crippen molar-refractivity contribution in [2.75, 3.05) is 11.5 Å². The zero-order chi connectivity index (χ0) is 32.3. The number of aryl methyl sites for hydroxylation is 1. The van der Waals surface area contributed by atoms with E-state index in [2.05, 4.69) is 4.98 Å². The van der Waals surface area contributed by atoms with Crippen molar-refractivity contribution in [3.8, 4) is 17.3 Å². The van der Waals surface area contributed by atoms with Gasteiger partial charge in [0.1, 0.15) is 11.1 Å². The van der Waals surface area contributed by atoms with Crippen LogP contribution < -0.4 is 4.90 Å². The third-order valence-electron chi connectivity index (χ3n) is 6.90. The van der Waals surface area contributed by atoms with Gasteiger partial charge in [-0.15, -0.1) is 0 Å². The van der Waals surface area contributed by atoms with Gasteiger partial charge in [-0.25, -0.2) is 14.7 Å². The monoisotopic (exact) mass is 629 g/mol. The second kappa shape index (κ2) is 12.8. The fourth-order valence-corrected chi connectivity index (χ4v) is 5.71. The third kappa shape index (κ3) is 6.78. The van der Waals surface area contributed by atoms with E-state index in [0.29, 0.717) is 22.9 Å². The molecule has 45 heavy (non-hydrogen) atoms. The molecular formula is C33H22F3N3O5S. The van der Waals surface area contributed by atoms with Gasteiger partial charge in [0, 0.05) is 17.5 Å². The van der Waals surface area contributed by atoms with Crippen molar-refractivity contribution >= 4 is 41.0 Å². The van der Waals surface area contributed by atoms with E-state index in [9.17, 15) is 37.6 Å². The number of aromatic nitrogens is 1. The van der Waals surface area contributed by atoms with Gasteiger partial charge in [-0.1, -0.05) is 71.9 Å². The summed E-state index contributed by atoms with van der Waals surface area (Å²) in [5.74, 6) is -2.51. The second-order valence-electron chi connectivity index (χ2n) is 10.0. The molecule has 1 aromatic heterocycles. The number of ether oxygens (including phenoxy) is 1. The van der Waals surface area contributed by atoms with Crippen LogP contribution in [-0.2, 0) is 20.5 Å². The Morgan fingerprint density at radius 3 is 2.27 bits per heavy atom. The van der Waals surface area contributed by atoms with Crippen LogP contribution in [0.4, 0.5) is 18.9 Å². The average molecular weight is 630 g/mol. The summed E-state index contributed by atoms with van der Waals surface area (Å²) in [5, 5.41) is 8.16. The van der Waals surface area contributed by atoms with Gasteiger partial charge in [0.2, 0.25) is 11.8 Å². The number of alkyl halides is 3. The first-order chi connectivity index (χ1) is 21.5. The number of rotatable bonds is 8. The van der Waals surface area contributed by atoms with Crippen LogP contribution in [0.25, 0.3) is 11.3 Å². The number of anilines is 1. The molecule has 1 saturated heterocycles. The number of thioether (sulfide) groups is 1. The lowest BCUT2D eigenvalue weighted by molar-refractivity contribution is -0.138. The maximum atomic E-state index is 13.9.